The maximum atomic E-state index is 13.2. The first-order valence-corrected chi connectivity index (χ1v) is 5.30. The number of esters is 1. The highest BCUT2D eigenvalue weighted by Crippen LogP contribution is 2.18. The standard InChI is InChI=1S/C12H12FN3O2/c1-18-12(17)10-3-2-8(13)6-11(10)14-7-9-4-5-15-16-9/h2-6,14H,7H2,1H3,(H,15,16). The summed E-state index contributed by atoms with van der Waals surface area (Å²) in [5, 5.41) is 9.52. The van der Waals surface area contributed by atoms with Crippen LogP contribution in [0, 0.1) is 5.82 Å². The molecule has 1 aromatic heterocycles. The molecule has 0 saturated heterocycles. The van der Waals surface area contributed by atoms with Gasteiger partial charge in [-0.25, -0.2) is 9.18 Å². The van der Waals surface area contributed by atoms with Crippen molar-refractivity contribution in [1.29, 1.82) is 0 Å². The van der Waals surface area contributed by atoms with E-state index in [1.54, 1.807) is 12.3 Å². The van der Waals surface area contributed by atoms with Crippen LogP contribution in [-0.4, -0.2) is 23.3 Å². The number of benzene rings is 1. The van der Waals surface area contributed by atoms with Crippen LogP contribution in [0.15, 0.2) is 30.5 Å². The fourth-order valence-electron chi connectivity index (χ4n) is 1.52. The summed E-state index contributed by atoms with van der Waals surface area (Å²) >= 11 is 0. The highest BCUT2D eigenvalue weighted by atomic mass is 19.1. The van der Waals surface area contributed by atoms with Gasteiger partial charge in [-0.2, -0.15) is 5.10 Å². The summed E-state index contributed by atoms with van der Waals surface area (Å²) in [6.45, 7) is 0.410. The maximum absolute atomic E-state index is 13.2. The lowest BCUT2D eigenvalue weighted by Gasteiger charge is -2.10. The second-order valence-corrected chi connectivity index (χ2v) is 3.62. The number of carbonyl (C=O) groups is 1. The first kappa shape index (κ1) is 12.1. The number of H-pyrrole nitrogens is 1. The van der Waals surface area contributed by atoms with Crippen molar-refractivity contribution in [1.82, 2.24) is 10.2 Å². The summed E-state index contributed by atoms with van der Waals surface area (Å²) in [7, 11) is 1.28. The van der Waals surface area contributed by atoms with E-state index < -0.39 is 11.8 Å². The van der Waals surface area contributed by atoms with Crippen molar-refractivity contribution < 1.29 is 13.9 Å². The third-order valence-corrected chi connectivity index (χ3v) is 2.41. The molecule has 0 amide bonds. The highest BCUT2D eigenvalue weighted by Gasteiger charge is 2.12. The SMILES string of the molecule is COC(=O)c1ccc(F)cc1NCc1ccn[nH]1. The van der Waals surface area contributed by atoms with Gasteiger partial charge in [-0.1, -0.05) is 0 Å². The molecule has 0 aliphatic rings. The van der Waals surface area contributed by atoms with Crippen LogP contribution in [0.2, 0.25) is 0 Å². The van der Waals surface area contributed by atoms with Gasteiger partial charge in [0.15, 0.2) is 0 Å². The third kappa shape index (κ3) is 2.65. The summed E-state index contributed by atoms with van der Waals surface area (Å²) in [6, 6.07) is 5.64. The van der Waals surface area contributed by atoms with Gasteiger partial charge in [0.1, 0.15) is 5.82 Å². The predicted molar refractivity (Wildman–Crippen MR) is 63.7 cm³/mol. The fourth-order valence-corrected chi connectivity index (χ4v) is 1.52. The van der Waals surface area contributed by atoms with Gasteiger partial charge >= 0.3 is 5.97 Å². The van der Waals surface area contributed by atoms with E-state index in [9.17, 15) is 9.18 Å². The molecule has 2 aromatic rings. The number of hydrogen-bond acceptors (Lipinski definition) is 4. The quantitative estimate of drug-likeness (QED) is 0.813. The van der Waals surface area contributed by atoms with Crippen molar-refractivity contribution in [2.45, 2.75) is 6.54 Å². The zero-order valence-electron chi connectivity index (χ0n) is 9.74. The van der Waals surface area contributed by atoms with Gasteiger partial charge in [-0.3, -0.25) is 5.10 Å². The average molecular weight is 249 g/mol. The third-order valence-electron chi connectivity index (χ3n) is 2.41. The first-order valence-electron chi connectivity index (χ1n) is 5.30. The predicted octanol–water partition coefficient (Wildman–Crippen LogP) is 1.95. The second-order valence-electron chi connectivity index (χ2n) is 3.62. The lowest BCUT2D eigenvalue weighted by molar-refractivity contribution is 0.0602. The van der Waals surface area contributed by atoms with Crippen LogP contribution in [0.5, 0.6) is 0 Å². The summed E-state index contributed by atoms with van der Waals surface area (Å²) in [6.07, 6.45) is 1.61. The van der Waals surface area contributed by atoms with Crippen molar-refractivity contribution in [2.75, 3.05) is 12.4 Å². The number of hydrogen-bond donors (Lipinski definition) is 2. The average Bonchev–Trinajstić information content (AvgIpc) is 2.88. The molecule has 18 heavy (non-hydrogen) atoms. The molecule has 0 saturated carbocycles. The van der Waals surface area contributed by atoms with Gasteiger partial charge in [0.05, 0.1) is 30.6 Å². The molecule has 0 bridgehead atoms. The molecule has 0 spiro atoms. The number of nitrogens with one attached hydrogen (secondary N) is 2. The van der Waals surface area contributed by atoms with E-state index in [1.807, 2.05) is 0 Å². The molecule has 5 nitrogen and oxygen atoms in total. The van der Waals surface area contributed by atoms with E-state index in [0.717, 1.165) is 5.69 Å². The molecular formula is C12H12FN3O2. The Labute approximate surface area is 103 Å². The molecule has 0 atom stereocenters. The topological polar surface area (TPSA) is 67.0 Å². The Morgan fingerprint density at radius 1 is 1.50 bits per heavy atom. The Morgan fingerprint density at radius 3 is 3.00 bits per heavy atom. The number of anilines is 1. The molecule has 6 heteroatoms. The van der Waals surface area contributed by atoms with E-state index in [-0.39, 0.29) is 0 Å². The molecule has 0 aliphatic carbocycles. The van der Waals surface area contributed by atoms with E-state index >= 15 is 0 Å². The number of ether oxygens (including phenoxy) is 1. The van der Waals surface area contributed by atoms with Crippen LogP contribution < -0.4 is 5.32 Å². The molecule has 0 aliphatic heterocycles. The van der Waals surface area contributed by atoms with Gasteiger partial charge in [0.25, 0.3) is 0 Å². The number of aromatic amines is 1. The molecular weight excluding hydrogens is 237 g/mol. The van der Waals surface area contributed by atoms with E-state index in [0.29, 0.717) is 17.8 Å². The van der Waals surface area contributed by atoms with Gasteiger partial charge in [0.2, 0.25) is 0 Å². The Morgan fingerprint density at radius 2 is 2.33 bits per heavy atom. The Bertz CT molecular complexity index is 540. The van der Waals surface area contributed by atoms with Gasteiger partial charge in [-0.15, -0.1) is 0 Å². The Kier molecular flexibility index (Phi) is 3.57. The number of rotatable bonds is 4. The first-order chi connectivity index (χ1) is 8.70. The van der Waals surface area contributed by atoms with Crippen LogP contribution in [0.1, 0.15) is 16.1 Å². The van der Waals surface area contributed by atoms with E-state index in [1.165, 1.54) is 25.3 Å². The lowest BCUT2D eigenvalue weighted by atomic mass is 10.1. The molecule has 1 aromatic carbocycles. The summed E-state index contributed by atoms with van der Waals surface area (Å²) < 4.78 is 17.8. The number of nitrogens with zero attached hydrogens (tertiary/aromatic N) is 1. The lowest BCUT2D eigenvalue weighted by Crippen LogP contribution is -2.09. The Hall–Kier alpha value is -2.37. The molecule has 2 rings (SSSR count). The number of halogens is 1. The maximum Gasteiger partial charge on any atom is 0.339 e. The van der Waals surface area contributed by atoms with Gasteiger partial charge in [0, 0.05) is 6.20 Å². The number of aromatic nitrogens is 2. The second kappa shape index (κ2) is 5.31. The highest BCUT2D eigenvalue weighted by molar-refractivity contribution is 5.95. The molecule has 2 N–H and O–H groups in total. The van der Waals surface area contributed by atoms with Crippen LogP contribution >= 0.6 is 0 Å². The van der Waals surface area contributed by atoms with Crippen molar-refractivity contribution in [3.8, 4) is 0 Å². The van der Waals surface area contributed by atoms with Gasteiger partial charge in [-0.05, 0) is 24.3 Å². The molecule has 0 fully saturated rings. The number of methoxy groups -OCH3 is 1. The Balaban J connectivity index is 2.19. The zero-order valence-corrected chi connectivity index (χ0v) is 9.74. The molecule has 94 valence electrons. The molecule has 1 heterocycles. The summed E-state index contributed by atoms with van der Waals surface area (Å²) in [5.74, 6) is -0.933. The minimum atomic E-state index is -0.512. The zero-order chi connectivity index (χ0) is 13.0. The van der Waals surface area contributed by atoms with Crippen LogP contribution in [0.25, 0.3) is 0 Å². The molecule has 0 unspecified atom stereocenters. The van der Waals surface area contributed by atoms with E-state index in [4.69, 9.17) is 0 Å². The number of carbonyl (C=O) groups excluding carboxylic acids is 1. The monoisotopic (exact) mass is 249 g/mol. The smallest absolute Gasteiger partial charge is 0.339 e. The van der Waals surface area contributed by atoms with Gasteiger partial charge < -0.3 is 10.1 Å². The fraction of sp³-hybridized carbons (Fsp3) is 0.167. The summed E-state index contributed by atoms with van der Waals surface area (Å²) in [4.78, 5) is 11.5. The summed E-state index contributed by atoms with van der Waals surface area (Å²) in [5.41, 5.74) is 1.50. The molecule has 0 radical (unpaired) electrons. The van der Waals surface area contributed by atoms with Crippen LogP contribution in [0.3, 0.4) is 0 Å². The van der Waals surface area contributed by atoms with Crippen molar-refractivity contribution >= 4 is 11.7 Å². The van der Waals surface area contributed by atoms with Crippen molar-refractivity contribution in [2.24, 2.45) is 0 Å². The van der Waals surface area contributed by atoms with Crippen molar-refractivity contribution in [3.05, 3.63) is 47.5 Å². The van der Waals surface area contributed by atoms with Crippen LogP contribution in [-0.2, 0) is 11.3 Å². The van der Waals surface area contributed by atoms with Crippen molar-refractivity contribution in [3.63, 3.8) is 0 Å². The normalized spacial score (nSPS) is 10.1. The minimum Gasteiger partial charge on any atom is -0.465 e. The largest absolute Gasteiger partial charge is 0.465 e. The van der Waals surface area contributed by atoms with E-state index in [2.05, 4.69) is 20.3 Å². The van der Waals surface area contributed by atoms with Crippen LogP contribution in [0.4, 0.5) is 10.1 Å². The minimum absolute atomic E-state index is 0.290.